The maximum Gasteiger partial charge on any atom is 0.472 e. The van der Waals surface area contributed by atoms with Gasteiger partial charge in [-0.05, 0) is 49.4 Å². The number of phosphoric ester groups is 2. The number of carbonyl (C=O) groups excluding carboxylic acids is 4. The average molecular weight is 1420 g/mol. The molecule has 576 valence electrons. The number of aliphatic hydroxyl groups excluding tert-OH is 1. The summed E-state index contributed by atoms with van der Waals surface area (Å²) in [5, 5.41) is 10.6. The van der Waals surface area contributed by atoms with Crippen molar-refractivity contribution in [1.29, 1.82) is 0 Å². The van der Waals surface area contributed by atoms with Gasteiger partial charge in [0.2, 0.25) is 0 Å². The Hall–Kier alpha value is -1.94. The Morgan fingerprint density at radius 1 is 0.289 bits per heavy atom. The van der Waals surface area contributed by atoms with Gasteiger partial charge in [-0.3, -0.25) is 37.3 Å². The summed E-state index contributed by atoms with van der Waals surface area (Å²) in [6, 6.07) is 0. The van der Waals surface area contributed by atoms with E-state index in [-0.39, 0.29) is 25.7 Å². The van der Waals surface area contributed by atoms with Crippen molar-refractivity contribution in [2.24, 2.45) is 23.7 Å². The zero-order valence-electron chi connectivity index (χ0n) is 63.7. The van der Waals surface area contributed by atoms with Gasteiger partial charge in [0, 0.05) is 25.7 Å². The van der Waals surface area contributed by atoms with E-state index in [2.05, 4.69) is 55.4 Å². The van der Waals surface area contributed by atoms with Crippen LogP contribution in [0.1, 0.15) is 396 Å². The molecule has 0 aliphatic rings. The van der Waals surface area contributed by atoms with Crippen LogP contribution in [0.25, 0.3) is 0 Å². The summed E-state index contributed by atoms with van der Waals surface area (Å²) >= 11 is 0. The van der Waals surface area contributed by atoms with E-state index in [0.717, 1.165) is 114 Å². The Morgan fingerprint density at radius 2 is 0.495 bits per heavy atom. The summed E-state index contributed by atoms with van der Waals surface area (Å²) < 4.78 is 68.6. The van der Waals surface area contributed by atoms with Gasteiger partial charge in [0.1, 0.15) is 19.3 Å². The molecule has 0 rings (SSSR count). The molecule has 0 saturated heterocycles. The summed E-state index contributed by atoms with van der Waals surface area (Å²) in [5.74, 6) is 1.05. The highest BCUT2D eigenvalue weighted by Gasteiger charge is 2.30. The molecular weight excluding hydrogens is 1270 g/mol. The molecule has 0 aliphatic heterocycles. The molecule has 0 aromatic carbocycles. The molecule has 17 nitrogen and oxygen atoms in total. The second kappa shape index (κ2) is 67.2. The van der Waals surface area contributed by atoms with Gasteiger partial charge in [-0.15, -0.1) is 0 Å². The van der Waals surface area contributed by atoms with Crippen LogP contribution in [0, 0.1) is 23.7 Å². The first-order valence-corrected chi connectivity index (χ1v) is 43.3. The monoisotopic (exact) mass is 1420 g/mol. The maximum atomic E-state index is 13.1. The number of hydrogen-bond donors (Lipinski definition) is 3. The van der Waals surface area contributed by atoms with Gasteiger partial charge in [-0.2, -0.15) is 0 Å². The molecule has 3 N–H and O–H groups in total. The Bertz CT molecular complexity index is 1910. The number of rotatable bonds is 75. The van der Waals surface area contributed by atoms with Crippen molar-refractivity contribution in [2.45, 2.75) is 414 Å². The number of esters is 4. The highest BCUT2D eigenvalue weighted by molar-refractivity contribution is 7.47. The number of unbranched alkanes of at least 4 members (excludes halogenated alkanes) is 38. The number of phosphoric acid groups is 2. The fourth-order valence-corrected chi connectivity index (χ4v) is 13.4. The second-order valence-corrected chi connectivity index (χ2v) is 32.2. The Balaban J connectivity index is 5.26. The van der Waals surface area contributed by atoms with E-state index in [0.29, 0.717) is 25.7 Å². The molecule has 0 fully saturated rings. The van der Waals surface area contributed by atoms with E-state index in [1.54, 1.807) is 0 Å². The van der Waals surface area contributed by atoms with Crippen LogP contribution in [0.2, 0.25) is 0 Å². The standard InChI is InChI=1S/C78H152O17P2/c1-9-69(6)55-47-39-31-23-20-21-24-34-42-50-58-75(80)88-64-73(94-77(82)60-52-44-36-25-19-17-15-13-12-14-16-18-22-30-38-46-54-68(4)5)66-92-96(84,85)90-62-72(79)63-91-97(86,87)93-67-74(95-78(83)61-53-45-37-29-27-33-41-49-57-71(8)11-3)65-89-76(81)59-51-43-35-28-26-32-40-48-56-70(7)10-2/h68-74,79H,9-67H2,1-8H3,(H,84,85)(H,86,87)/t69?,70?,71?,72-,73-,74-/m1/s1. The van der Waals surface area contributed by atoms with Crippen molar-refractivity contribution in [3.63, 3.8) is 0 Å². The Kier molecular flexibility index (Phi) is 65.9. The normalized spacial score (nSPS) is 14.9. The molecular formula is C78H152O17P2. The molecule has 19 heteroatoms. The first-order valence-electron chi connectivity index (χ1n) is 40.3. The quantitative estimate of drug-likeness (QED) is 0.0222. The lowest BCUT2D eigenvalue weighted by Crippen LogP contribution is -2.30. The fraction of sp³-hybridized carbons (Fsp3) is 0.949. The third-order valence-corrected chi connectivity index (χ3v) is 21.1. The van der Waals surface area contributed by atoms with Crippen molar-refractivity contribution in [1.82, 2.24) is 0 Å². The van der Waals surface area contributed by atoms with E-state index in [9.17, 15) is 43.2 Å². The minimum Gasteiger partial charge on any atom is -0.462 e. The van der Waals surface area contributed by atoms with Crippen LogP contribution < -0.4 is 0 Å². The van der Waals surface area contributed by atoms with Gasteiger partial charge in [0.25, 0.3) is 0 Å². The van der Waals surface area contributed by atoms with Crippen molar-refractivity contribution in [3.05, 3.63) is 0 Å². The zero-order valence-corrected chi connectivity index (χ0v) is 65.5. The highest BCUT2D eigenvalue weighted by Crippen LogP contribution is 2.45. The lowest BCUT2D eigenvalue weighted by atomic mass is 9.99. The van der Waals surface area contributed by atoms with Crippen LogP contribution in [0.15, 0.2) is 0 Å². The molecule has 0 aliphatic carbocycles. The summed E-state index contributed by atoms with van der Waals surface area (Å²) in [7, 11) is -9.92. The highest BCUT2D eigenvalue weighted by atomic mass is 31.2. The number of ether oxygens (including phenoxy) is 4. The molecule has 0 aromatic heterocycles. The van der Waals surface area contributed by atoms with Crippen molar-refractivity contribution >= 4 is 39.5 Å². The molecule has 0 heterocycles. The minimum atomic E-state index is -4.96. The summed E-state index contributed by atoms with van der Waals surface area (Å²) in [6.45, 7) is 14.3. The summed E-state index contributed by atoms with van der Waals surface area (Å²) in [4.78, 5) is 72.9. The third-order valence-electron chi connectivity index (χ3n) is 19.2. The summed E-state index contributed by atoms with van der Waals surface area (Å²) in [6.07, 6.45) is 52.5. The predicted molar refractivity (Wildman–Crippen MR) is 395 cm³/mol. The molecule has 0 aromatic rings. The molecule has 5 unspecified atom stereocenters. The Labute approximate surface area is 594 Å². The molecule has 0 bridgehead atoms. The van der Waals surface area contributed by atoms with Gasteiger partial charge in [-0.25, -0.2) is 9.13 Å². The van der Waals surface area contributed by atoms with E-state index in [1.165, 1.54) is 199 Å². The Morgan fingerprint density at radius 3 is 0.732 bits per heavy atom. The van der Waals surface area contributed by atoms with Crippen LogP contribution in [-0.2, 0) is 65.4 Å². The van der Waals surface area contributed by atoms with Crippen molar-refractivity contribution in [2.75, 3.05) is 39.6 Å². The van der Waals surface area contributed by atoms with Crippen LogP contribution >= 0.6 is 15.6 Å². The lowest BCUT2D eigenvalue weighted by Gasteiger charge is -2.21. The van der Waals surface area contributed by atoms with Gasteiger partial charge >= 0.3 is 39.5 Å². The van der Waals surface area contributed by atoms with Gasteiger partial charge in [0.15, 0.2) is 12.2 Å². The maximum absolute atomic E-state index is 13.1. The zero-order chi connectivity index (χ0) is 71.7. The smallest absolute Gasteiger partial charge is 0.462 e. The number of carbonyl (C=O) groups is 4. The van der Waals surface area contributed by atoms with Crippen molar-refractivity contribution in [3.8, 4) is 0 Å². The molecule has 0 saturated carbocycles. The largest absolute Gasteiger partial charge is 0.472 e. The average Bonchev–Trinajstić information content (AvgIpc) is 1.71. The first kappa shape index (κ1) is 95.1. The van der Waals surface area contributed by atoms with E-state index in [4.69, 9.17) is 37.0 Å². The minimum absolute atomic E-state index is 0.104. The third kappa shape index (κ3) is 68.3. The number of aliphatic hydroxyl groups is 1. The molecule has 8 atom stereocenters. The second-order valence-electron chi connectivity index (χ2n) is 29.3. The summed E-state index contributed by atoms with van der Waals surface area (Å²) in [5.41, 5.74) is 0. The van der Waals surface area contributed by atoms with Crippen LogP contribution in [-0.4, -0.2) is 96.7 Å². The van der Waals surface area contributed by atoms with Crippen LogP contribution in [0.4, 0.5) is 0 Å². The SMILES string of the molecule is CCC(C)CCCCCCCCCCCCC(=O)OC[C@H](COP(=O)(O)OC[C@@H](O)COP(=O)(O)OC[C@@H](COC(=O)CCCCCCCCCCC(C)CC)OC(=O)CCCCCCCCCCC(C)CC)OC(=O)CCCCCCCCCCCCCCCCCCC(C)C. The number of hydrogen-bond acceptors (Lipinski definition) is 15. The lowest BCUT2D eigenvalue weighted by molar-refractivity contribution is -0.161. The molecule has 97 heavy (non-hydrogen) atoms. The topological polar surface area (TPSA) is 237 Å². The van der Waals surface area contributed by atoms with Crippen LogP contribution in [0.5, 0.6) is 0 Å². The fourth-order valence-electron chi connectivity index (χ4n) is 11.8. The van der Waals surface area contributed by atoms with Gasteiger partial charge < -0.3 is 33.8 Å². The van der Waals surface area contributed by atoms with Crippen LogP contribution in [0.3, 0.4) is 0 Å². The molecule has 0 amide bonds. The first-order chi connectivity index (χ1) is 46.7. The van der Waals surface area contributed by atoms with Gasteiger partial charge in [-0.1, -0.05) is 344 Å². The van der Waals surface area contributed by atoms with Gasteiger partial charge in [0.05, 0.1) is 26.4 Å². The van der Waals surface area contributed by atoms with E-state index in [1.807, 2.05) is 0 Å². The molecule has 0 radical (unpaired) electrons. The predicted octanol–water partition coefficient (Wildman–Crippen LogP) is 22.8. The van der Waals surface area contributed by atoms with E-state index < -0.39 is 97.5 Å². The molecule has 0 spiro atoms. The van der Waals surface area contributed by atoms with Crippen molar-refractivity contribution < 1.29 is 80.2 Å². The van der Waals surface area contributed by atoms with E-state index >= 15 is 0 Å².